The molecular weight excluding hydrogens is 230 g/mol. The first-order valence-corrected chi connectivity index (χ1v) is 5.00. The number of benzene rings is 1. The molecule has 1 aromatic heterocycles. The SMILES string of the molecule is COc1cccc2c1c(C(=O)O)c(Cl)n2C. The first-order valence-electron chi connectivity index (χ1n) is 4.62. The van der Waals surface area contributed by atoms with Crippen LogP contribution in [0.1, 0.15) is 10.4 Å². The van der Waals surface area contributed by atoms with E-state index in [-0.39, 0.29) is 10.7 Å². The summed E-state index contributed by atoms with van der Waals surface area (Å²) in [5.74, 6) is -0.544. The molecule has 0 spiro atoms. The van der Waals surface area contributed by atoms with Crippen molar-refractivity contribution in [2.24, 2.45) is 7.05 Å². The lowest BCUT2D eigenvalue weighted by Gasteiger charge is -2.02. The van der Waals surface area contributed by atoms with Gasteiger partial charge in [0.15, 0.2) is 0 Å². The first-order chi connectivity index (χ1) is 7.57. The molecule has 2 rings (SSSR count). The van der Waals surface area contributed by atoms with E-state index in [1.54, 1.807) is 29.8 Å². The maximum atomic E-state index is 11.2. The Morgan fingerprint density at radius 1 is 1.50 bits per heavy atom. The number of carbonyl (C=O) groups is 1. The van der Waals surface area contributed by atoms with E-state index in [9.17, 15) is 4.79 Å². The number of halogens is 1. The Bertz CT molecular complexity index is 574. The van der Waals surface area contributed by atoms with Crippen LogP contribution in [0.2, 0.25) is 5.15 Å². The Morgan fingerprint density at radius 2 is 2.19 bits per heavy atom. The quantitative estimate of drug-likeness (QED) is 0.876. The largest absolute Gasteiger partial charge is 0.496 e. The molecule has 0 aliphatic rings. The van der Waals surface area contributed by atoms with E-state index in [0.29, 0.717) is 11.1 Å². The highest BCUT2D eigenvalue weighted by Gasteiger charge is 2.21. The van der Waals surface area contributed by atoms with Gasteiger partial charge >= 0.3 is 5.97 Å². The maximum absolute atomic E-state index is 11.2. The Hall–Kier alpha value is -1.68. The zero-order valence-corrected chi connectivity index (χ0v) is 9.58. The number of fused-ring (bicyclic) bond motifs is 1. The average Bonchev–Trinajstić information content (AvgIpc) is 2.52. The molecule has 84 valence electrons. The fourth-order valence-electron chi connectivity index (χ4n) is 1.79. The van der Waals surface area contributed by atoms with Crippen LogP contribution in [0.5, 0.6) is 5.75 Å². The van der Waals surface area contributed by atoms with Crippen molar-refractivity contribution >= 4 is 28.5 Å². The van der Waals surface area contributed by atoms with E-state index in [2.05, 4.69) is 0 Å². The molecule has 4 nitrogen and oxygen atoms in total. The zero-order chi connectivity index (χ0) is 11.9. The number of aryl methyl sites for hydroxylation is 1. The number of carboxylic acid groups (broad SMARTS) is 1. The van der Waals surface area contributed by atoms with E-state index in [4.69, 9.17) is 21.4 Å². The summed E-state index contributed by atoms with van der Waals surface area (Å²) in [5.41, 5.74) is 0.818. The number of ether oxygens (including phenoxy) is 1. The summed E-state index contributed by atoms with van der Waals surface area (Å²) in [5, 5.41) is 9.88. The van der Waals surface area contributed by atoms with Crippen LogP contribution >= 0.6 is 11.6 Å². The van der Waals surface area contributed by atoms with Crippen LogP contribution in [0.15, 0.2) is 18.2 Å². The van der Waals surface area contributed by atoms with Crippen LogP contribution in [0.4, 0.5) is 0 Å². The van der Waals surface area contributed by atoms with Crippen LogP contribution in [0.25, 0.3) is 10.9 Å². The molecule has 1 N–H and O–H groups in total. The van der Waals surface area contributed by atoms with Gasteiger partial charge < -0.3 is 14.4 Å². The van der Waals surface area contributed by atoms with E-state index in [1.165, 1.54) is 7.11 Å². The van der Waals surface area contributed by atoms with Gasteiger partial charge in [0.1, 0.15) is 16.5 Å². The highest BCUT2D eigenvalue weighted by Crippen LogP contribution is 2.35. The van der Waals surface area contributed by atoms with Crippen molar-refractivity contribution in [1.29, 1.82) is 0 Å². The van der Waals surface area contributed by atoms with Gasteiger partial charge in [-0.1, -0.05) is 17.7 Å². The van der Waals surface area contributed by atoms with Crippen LogP contribution in [0.3, 0.4) is 0 Å². The molecule has 0 bridgehead atoms. The fraction of sp³-hybridized carbons (Fsp3) is 0.182. The molecule has 0 amide bonds. The minimum Gasteiger partial charge on any atom is -0.496 e. The Balaban J connectivity index is 2.97. The highest BCUT2D eigenvalue weighted by atomic mass is 35.5. The second kappa shape index (κ2) is 3.72. The number of aromatic carboxylic acids is 1. The van der Waals surface area contributed by atoms with Crippen molar-refractivity contribution in [3.63, 3.8) is 0 Å². The normalized spacial score (nSPS) is 10.7. The van der Waals surface area contributed by atoms with Crippen LogP contribution in [0, 0.1) is 0 Å². The lowest BCUT2D eigenvalue weighted by molar-refractivity contribution is 0.0699. The number of carboxylic acids is 1. The van der Waals surface area contributed by atoms with E-state index in [1.807, 2.05) is 0 Å². The predicted octanol–water partition coefficient (Wildman–Crippen LogP) is 2.54. The van der Waals surface area contributed by atoms with Crippen molar-refractivity contribution in [1.82, 2.24) is 4.57 Å². The summed E-state index contributed by atoms with van der Waals surface area (Å²) in [7, 11) is 3.22. The van der Waals surface area contributed by atoms with Gasteiger partial charge in [-0.2, -0.15) is 0 Å². The number of rotatable bonds is 2. The number of nitrogens with zero attached hydrogens (tertiary/aromatic N) is 1. The summed E-state index contributed by atoms with van der Waals surface area (Å²) in [6, 6.07) is 5.31. The topological polar surface area (TPSA) is 51.5 Å². The predicted molar refractivity (Wildman–Crippen MR) is 61.4 cm³/mol. The molecule has 0 aliphatic carbocycles. The van der Waals surface area contributed by atoms with Crippen LogP contribution in [-0.4, -0.2) is 22.8 Å². The van der Waals surface area contributed by atoms with Gasteiger partial charge in [-0.3, -0.25) is 0 Å². The molecule has 0 saturated heterocycles. The molecular formula is C11H10ClNO3. The van der Waals surface area contributed by atoms with Crippen molar-refractivity contribution in [3.05, 3.63) is 28.9 Å². The lowest BCUT2D eigenvalue weighted by Crippen LogP contribution is -1.97. The number of hydrogen-bond acceptors (Lipinski definition) is 2. The third kappa shape index (κ3) is 1.34. The summed E-state index contributed by atoms with van der Waals surface area (Å²) >= 11 is 5.99. The average molecular weight is 240 g/mol. The molecule has 16 heavy (non-hydrogen) atoms. The Kier molecular flexibility index (Phi) is 2.52. The highest BCUT2D eigenvalue weighted by molar-refractivity contribution is 6.35. The second-order valence-corrected chi connectivity index (χ2v) is 3.74. The third-order valence-corrected chi connectivity index (χ3v) is 2.99. The van der Waals surface area contributed by atoms with Gasteiger partial charge in [-0.25, -0.2) is 4.79 Å². The van der Waals surface area contributed by atoms with Gasteiger partial charge in [0.05, 0.1) is 18.0 Å². The summed E-state index contributed by atoms with van der Waals surface area (Å²) in [6.45, 7) is 0. The summed E-state index contributed by atoms with van der Waals surface area (Å²) in [6.07, 6.45) is 0. The molecule has 1 aromatic carbocycles. The second-order valence-electron chi connectivity index (χ2n) is 3.38. The van der Waals surface area contributed by atoms with E-state index >= 15 is 0 Å². The number of aromatic nitrogens is 1. The summed E-state index contributed by atoms with van der Waals surface area (Å²) in [4.78, 5) is 11.2. The molecule has 0 atom stereocenters. The summed E-state index contributed by atoms with van der Waals surface area (Å²) < 4.78 is 6.78. The number of methoxy groups -OCH3 is 1. The van der Waals surface area contributed by atoms with Gasteiger partial charge in [0, 0.05) is 7.05 Å². The fourth-order valence-corrected chi connectivity index (χ4v) is 2.06. The van der Waals surface area contributed by atoms with Gasteiger partial charge in [0.25, 0.3) is 0 Å². The van der Waals surface area contributed by atoms with Gasteiger partial charge in [0.2, 0.25) is 0 Å². The van der Waals surface area contributed by atoms with E-state index < -0.39 is 5.97 Å². The smallest absolute Gasteiger partial charge is 0.339 e. The van der Waals surface area contributed by atoms with Crippen molar-refractivity contribution in [3.8, 4) is 5.75 Å². The molecule has 1 heterocycles. The monoisotopic (exact) mass is 239 g/mol. The standard InChI is InChI=1S/C11H10ClNO3/c1-13-6-4-3-5-7(16-2)8(6)9(10(13)12)11(14)15/h3-5H,1-2H3,(H,14,15). The molecule has 0 aliphatic heterocycles. The van der Waals surface area contributed by atoms with Crippen molar-refractivity contribution in [2.45, 2.75) is 0 Å². The van der Waals surface area contributed by atoms with Crippen molar-refractivity contribution in [2.75, 3.05) is 7.11 Å². The van der Waals surface area contributed by atoms with Gasteiger partial charge in [-0.15, -0.1) is 0 Å². The molecule has 0 radical (unpaired) electrons. The molecule has 0 saturated carbocycles. The zero-order valence-electron chi connectivity index (χ0n) is 8.82. The minimum absolute atomic E-state index is 0.0802. The molecule has 0 fully saturated rings. The molecule has 0 unspecified atom stereocenters. The Morgan fingerprint density at radius 3 is 2.75 bits per heavy atom. The lowest BCUT2D eigenvalue weighted by atomic mass is 10.1. The first kappa shape index (κ1) is 10.8. The van der Waals surface area contributed by atoms with Crippen LogP contribution < -0.4 is 4.74 Å². The van der Waals surface area contributed by atoms with Crippen LogP contribution in [-0.2, 0) is 7.05 Å². The third-order valence-electron chi connectivity index (χ3n) is 2.55. The van der Waals surface area contributed by atoms with Crippen molar-refractivity contribution < 1.29 is 14.6 Å². The Labute approximate surface area is 97.0 Å². The van der Waals surface area contributed by atoms with E-state index in [0.717, 1.165) is 5.52 Å². The number of hydrogen-bond donors (Lipinski definition) is 1. The molecule has 2 aromatic rings. The van der Waals surface area contributed by atoms with Gasteiger partial charge in [-0.05, 0) is 12.1 Å². The minimum atomic E-state index is -1.06. The molecule has 5 heteroatoms. The maximum Gasteiger partial charge on any atom is 0.339 e.